The van der Waals surface area contributed by atoms with E-state index in [2.05, 4.69) is 0 Å². The van der Waals surface area contributed by atoms with Gasteiger partial charge in [0.05, 0.1) is 0 Å². The van der Waals surface area contributed by atoms with E-state index >= 15 is 0 Å². The van der Waals surface area contributed by atoms with Gasteiger partial charge in [0.25, 0.3) is 0 Å². The SMILES string of the molecule is O=[PH]([O-])c1ccccc1.O=[PH]([O-])c1ccccc1.O=[PH]([O-])c1ccccc1.[Fe+3]. The van der Waals surface area contributed by atoms with Crippen molar-refractivity contribution in [1.29, 1.82) is 0 Å². The van der Waals surface area contributed by atoms with Gasteiger partial charge in [0.15, 0.2) is 0 Å². The fraction of sp³-hybridized carbons (Fsp3) is 0. The molecule has 0 spiro atoms. The first-order valence-corrected chi connectivity index (χ1v) is 11.7. The Morgan fingerprint density at radius 1 is 0.429 bits per heavy atom. The summed E-state index contributed by atoms with van der Waals surface area (Å²) >= 11 is 0. The first-order chi connectivity index (χ1) is 12.9. The van der Waals surface area contributed by atoms with Crippen molar-refractivity contribution in [2.24, 2.45) is 0 Å². The molecule has 3 unspecified atom stereocenters. The molecular formula is C18H18FeO6P3. The molecule has 0 bridgehead atoms. The van der Waals surface area contributed by atoms with Crippen molar-refractivity contribution in [1.82, 2.24) is 0 Å². The molecule has 0 heterocycles. The molecule has 3 atom stereocenters. The second-order valence-electron chi connectivity index (χ2n) is 4.96. The molecule has 3 rings (SSSR count). The maximum absolute atomic E-state index is 10.3. The first-order valence-electron chi connectivity index (χ1n) is 7.71. The van der Waals surface area contributed by atoms with Crippen molar-refractivity contribution in [2.45, 2.75) is 0 Å². The molecule has 1 radical (unpaired) electrons. The number of rotatable bonds is 3. The van der Waals surface area contributed by atoms with E-state index in [9.17, 15) is 28.4 Å². The molecule has 0 saturated heterocycles. The molecule has 28 heavy (non-hydrogen) atoms. The van der Waals surface area contributed by atoms with Gasteiger partial charge in [0, 0.05) is 24.1 Å². The third kappa shape index (κ3) is 11.6. The normalized spacial score (nSPS) is 12.5. The summed E-state index contributed by atoms with van der Waals surface area (Å²) in [7, 11) is -8.14. The van der Waals surface area contributed by atoms with Gasteiger partial charge in [-0.1, -0.05) is 91.0 Å². The van der Waals surface area contributed by atoms with Crippen LogP contribution < -0.4 is 30.6 Å². The fourth-order valence-electron chi connectivity index (χ4n) is 1.72. The molecule has 0 fully saturated rings. The number of benzene rings is 3. The number of hydrogen-bond acceptors (Lipinski definition) is 6. The molecular weight excluding hydrogens is 461 g/mol. The van der Waals surface area contributed by atoms with Crippen LogP contribution in [0.2, 0.25) is 0 Å². The van der Waals surface area contributed by atoms with Crippen molar-refractivity contribution >= 4 is 40.0 Å². The monoisotopic (exact) mass is 479 g/mol. The predicted octanol–water partition coefficient (Wildman–Crippen LogP) is 0.438. The minimum absolute atomic E-state index is 0. The van der Waals surface area contributed by atoms with Gasteiger partial charge in [-0.05, 0) is 15.9 Å². The Morgan fingerprint density at radius 3 is 0.714 bits per heavy atom. The molecule has 0 amide bonds. The molecule has 3 aromatic rings. The molecule has 0 aromatic heterocycles. The van der Waals surface area contributed by atoms with Gasteiger partial charge in [0.2, 0.25) is 0 Å². The van der Waals surface area contributed by atoms with Crippen LogP contribution in [0.25, 0.3) is 0 Å². The van der Waals surface area contributed by atoms with Gasteiger partial charge in [0.1, 0.15) is 0 Å². The molecule has 3 aromatic carbocycles. The zero-order valence-electron chi connectivity index (χ0n) is 14.5. The van der Waals surface area contributed by atoms with Crippen molar-refractivity contribution in [3.8, 4) is 0 Å². The minimum atomic E-state index is -2.71. The summed E-state index contributed by atoms with van der Waals surface area (Å²) in [5, 5.41) is 1.22. The molecule has 6 nitrogen and oxygen atoms in total. The summed E-state index contributed by atoms with van der Waals surface area (Å²) < 4.78 is 30.8. The second kappa shape index (κ2) is 15.6. The Hall–Kier alpha value is -1.25. The maximum Gasteiger partial charge on any atom is 3.00 e. The summed E-state index contributed by atoms with van der Waals surface area (Å²) in [6, 6.07) is 25.0. The Morgan fingerprint density at radius 2 is 0.607 bits per heavy atom. The van der Waals surface area contributed by atoms with Crippen molar-refractivity contribution in [3.05, 3.63) is 91.0 Å². The van der Waals surface area contributed by atoms with Gasteiger partial charge in [-0.2, -0.15) is 0 Å². The van der Waals surface area contributed by atoms with Gasteiger partial charge >= 0.3 is 17.1 Å². The van der Waals surface area contributed by atoms with E-state index in [0.717, 1.165) is 0 Å². The van der Waals surface area contributed by atoms with Crippen molar-refractivity contribution in [3.63, 3.8) is 0 Å². The Balaban J connectivity index is 0.000000384. The van der Waals surface area contributed by atoms with E-state index in [1.807, 2.05) is 0 Å². The van der Waals surface area contributed by atoms with E-state index in [0.29, 0.717) is 15.9 Å². The molecule has 0 aliphatic heterocycles. The standard InChI is InChI=1S/3C6H7O2P.Fe/c3*7-9(8)6-4-2-1-3-5-6;/h3*1-5,9H,(H,7,8);/q;;;+3/p-3. The zero-order chi connectivity index (χ0) is 20.1. The molecule has 0 aliphatic carbocycles. The van der Waals surface area contributed by atoms with Crippen LogP contribution in [0.4, 0.5) is 0 Å². The van der Waals surface area contributed by atoms with Crippen molar-refractivity contribution in [2.75, 3.05) is 0 Å². The molecule has 0 N–H and O–H groups in total. The third-order valence-corrected chi connectivity index (χ3v) is 5.44. The maximum atomic E-state index is 10.3. The van der Waals surface area contributed by atoms with Crippen LogP contribution in [0, 0.1) is 0 Å². The first kappa shape index (κ1) is 26.7. The van der Waals surface area contributed by atoms with Gasteiger partial charge in [-0.3, -0.25) is 0 Å². The largest absolute Gasteiger partial charge is 3.00 e. The predicted molar refractivity (Wildman–Crippen MR) is 105 cm³/mol. The summed E-state index contributed by atoms with van der Waals surface area (Å²) in [5.41, 5.74) is 0. The van der Waals surface area contributed by atoms with E-state index in [-0.39, 0.29) is 17.1 Å². The zero-order valence-corrected chi connectivity index (χ0v) is 18.6. The molecule has 149 valence electrons. The minimum Gasteiger partial charge on any atom is -0.798 e. The second-order valence-corrected chi connectivity index (χ2v) is 8.42. The number of hydrogen-bond donors (Lipinski definition) is 0. The van der Waals surface area contributed by atoms with Crippen LogP contribution in [-0.2, 0) is 30.8 Å². The van der Waals surface area contributed by atoms with Crippen molar-refractivity contribution < 1.29 is 45.4 Å². The Kier molecular flexibility index (Phi) is 14.9. The average molecular weight is 479 g/mol. The Labute approximate surface area is 176 Å². The molecule has 10 heteroatoms. The smallest absolute Gasteiger partial charge is 0.798 e. The van der Waals surface area contributed by atoms with Gasteiger partial charge in [-0.25, -0.2) is 0 Å². The molecule has 0 aliphatic rings. The van der Waals surface area contributed by atoms with Gasteiger partial charge in [-0.15, -0.1) is 0 Å². The summed E-state index contributed by atoms with van der Waals surface area (Å²) in [6.45, 7) is 0. The van der Waals surface area contributed by atoms with E-state index in [1.54, 1.807) is 91.0 Å². The van der Waals surface area contributed by atoms with Gasteiger partial charge < -0.3 is 28.4 Å². The topological polar surface area (TPSA) is 120 Å². The van der Waals surface area contributed by atoms with E-state index in [4.69, 9.17) is 0 Å². The van der Waals surface area contributed by atoms with Crippen LogP contribution in [-0.4, -0.2) is 0 Å². The van der Waals surface area contributed by atoms with E-state index < -0.39 is 24.1 Å². The van der Waals surface area contributed by atoms with Crippen LogP contribution in [0.5, 0.6) is 0 Å². The third-order valence-electron chi connectivity index (χ3n) is 3.03. The summed E-state index contributed by atoms with van der Waals surface area (Å²) in [6.07, 6.45) is 0. The molecule has 0 saturated carbocycles. The Bertz CT molecular complexity index is 747. The quantitative estimate of drug-likeness (QED) is 0.397. The summed E-state index contributed by atoms with van der Waals surface area (Å²) in [4.78, 5) is 30.8. The van der Waals surface area contributed by atoms with Crippen LogP contribution >= 0.6 is 24.1 Å². The fourth-order valence-corrected chi connectivity index (χ4v) is 3.12. The summed E-state index contributed by atoms with van der Waals surface area (Å²) in [5.74, 6) is 0. The van der Waals surface area contributed by atoms with Crippen LogP contribution in [0.3, 0.4) is 0 Å². The average Bonchev–Trinajstić information content (AvgIpc) is 2.71. The van der Waals surface area contributed by atoms with E-state index in [1.165, 1.54) is 0 Å². The van der Waals surface area contributed by atoms with Crippen LogP contribution in [0.1, 0.15) is 0 Å². The van der Waals surface area contributed by atoms with Crippen LogP contribution in [0.15, 0.2) is 91.0 Å².